The van der Waals surface area contributed by atoms with E-state index in [2.05, 4.69) is 19.2 Å². The molecule has 2 N–H and O–H groups in total. The Morgan fingerprint density at radius 1 is 1.38 bits per heavy atom. The summed E-state index contributed by atoms with van der Waals surface area (Å²) in [4.78, 5) is 11.9. The zero-order chi connectivity index (χ0) is 15.5. The fourth-order valence-electron chi connectivity index (χ4n) is 3.53. The Kier molecular flexibility index (Phi) is 4.92. The van der Waals surface area contributed by atoms with Crippen LogP contribution in [0.1, 0.15) is 51.5 Å². The number of benzene rings is 1. The van der Waals surface area contributed by atoms with Crippen molar-refractivity contribution in [3.05, 3.63) is 29.8 Å². The molecule has 0 aliphatic heterocycles. The molecule has 2 rings (SSSR count). The van der Waals surface area contributed by atoms with Crippen LogP contribution in [0.4, 0.5) is 5.69 Å². The summed E-state index contributed by atoms with van der Waals surface area (Å²) < 4.78 is 0. The molecule has 0 spiro atoms. The van der Waals surface area contributed by atoms with Crippen LogP contribution in [-0.2, 0) is 4.79 Å². The summed E-state index contributed by atoms with van der Waals surface area (Å²) in [5.74, 6) is 0.420. The zero-order valence-electron chi connectivity index (χ0n) is 13.4. The summed E-state index contributed by atoms with van der Waals surface area (Å²) in [5, 5.41) is 13.1. The predicted molar refractivity (Wildman–Crippen MR) is 86.6 cm³/mol. The Balaban J connectivity index is 2.16. The topological polar surface area (TPSA) is 49.3 Å². The van der Waals surface area contributed by atoms with Gasteiger partial charge in [-0.1, -0.05) is 44.4 Å². The van der Waals surface area contributed by atoms with Gasteiger partial charge in [0.2, 0.25) is 0 Å². The fourth-order valence-corrected chi connectivity index (χ4v) is 3.53. The van der Waals surface area contributed by atoms with Gasteiger partial charge in [-0.25, -0.2) is 4.79 Å². The van der Waals surface area contributed by atoms with E-state index in [-0.39, 0.29) is 0 Å². The third kappa shape index (κ3) is 3.99. The molecule has 21 heavy (non-hydrogen) atoms. The van der Waals surface area contributed by atoms with E-state index < -0.39 is 11.5 Å². The molecule has 0 amide bonds. The van der Waals surface area contributed by atoms with E-state index in [4.69, 9.17) is 0 Å². The fraction of sp³-hybridized carbons (Fsp3) is 0.611. The molecule has 0 radical (unpaired) electrons. The molecule has 0 saturated heterocycles. The first-order valence-electron chi connectivity index (χ1n) is 7.99. The van der Waals surface area contributed by atoms with Gasteiger partial charge in [-0.2, -0.15) is 0 Å². The van der Waals surface area contributed by atoms with Crippen LogP contribution in [0.25, 0.3) is 0 Å². The van der Waals surface area contributed by atoms with Gasteiger partial charge < -0.3 is 10.4 Å². The SMILES string of the molecule is Cc1ccc(NC2(C(=O)O)CCCC(CC(C)C)C2)cc1. The van der Waals surface area contributed by atoms with Crippen LogP contribution in [0.3, 0.4) is 0 Å². The van der Waals surface area contributed by atoms with E-state index in [0.29, 0.717) is 18.3 Å². The van der Waals surface area contributed by atoms with Crippen molar-refractivity contribution in [2.24, 2.45) is 11.8 Å². The summed E-state index contributed by atoms with van der Waals surface area (Å²) in [6.07, 6.45) is 4.70. The maximum absolute atomic E-state index is 11.9. The molecule has 1 aromatic rings. The van der Waals surface area contributed by atoms with Gasteiger partial charge >= 0.3 is 5.97 Å². The number of aliphatic carboxylic acids is 1. The quantitative estimate of drug-likeness (QED) is 0.841. The lowest BCUT2D eigenvalue weighted by atomic mass is 9.73. The lowest BCUT2D eigenvalue weighted by molar-refractivity contribution is -0.144. The number of rotatable bonds is 5. The van der Waals surface area contributed by atoms with Crippen molar-refractivity contribution in [3.8, 4) is 0 Å². The Hall–Kier alpha value is -1.51. The lowest BCUT2D eigenvalue weighted by Crippen LogP contribution is -2.50. The highest BCUT2D eigenvalue weighted by Crippen LogP contribution is 2.38. The molecule has 1 fully saturated rings. The van der Waals surface area contributed by atoms with Crippen molar-refractivity contribution < 1.29 is 9.90 Å². The molecule has 2 atom stereocenters. The minimum atomic E-state index is -0.799. The molecule has 0 bridgehead atoms. The van der Waals surface area contributed by atoms with Gasteiger partial charge in [-0.15, -0.1) is 0 Å². The third-order valence-corrected chi connectivity index (χ3v) is 4.50. The molecule has 0 heterocycles. The summed E-state index contributed by atoms with van der Waals surface area (Å²) in [7, 11) is 0. The van der Waals surface area contributed by atoms with Gasteiger partial charge in [0.25, 0.3) is 0 Å². The number of carbonyl (C=O) groups is 1. The summed E-state index contributed by atoms with van der Waals surface area (Å²) in [6.45, 7) is 6.46. The van der Waals surface area contributed by atoms with E-state index in [9.17, 15) is 9.90 Å². The largest absolute Gasteiger partial charge is 0.480 e. The Morgan fingerprint density at radius 3 is 2.62 bits per heavy atom. The van der Waals surface area contributed by atoms with Crippen LogP contribution in [0.2, 0.25) is 0 Å². The molecule has 116 valence electrons. The molecule has 1 aliphatic carbocycles. The van der Waals surface area contributed by atoms with Crippen LogP contribution in [0.5, 0.6) is 0 Å². The first kappa shape index (κ1) is 15.9. The molecule has 1 aliphatic rings. The number of aryl methyl sites for hydroxylation is 1. The minimum Gasteiger partial charge on any atom is -0.480 e. The van der Waals surface area contributed by atoms with Crippen molar-refractivity contribution >= 4 is 11.7 Å². The van der Waals surface area contributed by atoms with E-state index in [1.165, 1.54) is 5.56 Å². The second-order valence-electron chi connectivity index (χ2n) is 6.97. The molecule has 2 unspecified atom stereocenters. The van der Waals surface area contributed by atoms with Gasteiger partial charge in [0.05, 0.1) is 0 Å². The highest BCUT2D eigenvalue weighted by molar-refractivity contribution is 5.83. The zero-order valence-corrected chi connectivity index (χ0v) is 13.4. The van der Waals surface area contributed by atoms with Crippen molar-refractivity contribution in [1.29, 1.82) is 0 Å². The molecule has 0 aromatic heterocycles. The average Bonchev–Trinajstić information content (AvgIpc) is 2.41. The van der Waals surface area contributed by atoms with Gasteiger partial charge in [-0.3, -0.25) is 0 Å². The summed E-state index contributed by atoms with van der Waals surface area (Å²) in [6, 6.07) is 8.00. The normalized spacial score (nSPS) is 25.8. The van der Waals surface area contributed by atoms with Crippen molar-refractivity contribution in [2.45, 2.75) is 58.4 Å². The first-order valence-corrected chi connectivity index (χ1v) is 7.99. The van der Waals surface area contributed by atoms with Gasteiger partial charge in [0.1, 0.15) is 5.54 Å². The number of anilines is 1. The average molecular weight is 289 g/mol. The minimum absolute atomic E-state index is 0.507. The smallest absolute Gasteiger partial charge is 0.329 e. The van der Waals surface area contributed by atoms with E-state index in [0.717, 1.165) is 31.4 Å². The summed E-state index contributed by atoms with van der Waals surface area (Å²) in [5.41, 5.74) is 1.30. The second-order valence-corrected chi connectivity index (χ2v) is 6.97. The number of nitrogens with one attached hydrogen (secondary N) is 1. The number of carboxylic acid groups (broad SMARTS) is 1. The Morgan fingerprint density at radius 2 is 2.05 bits per heavy atom. The van der Waals surface area contributed by atoms with Gasteiger partial charge in [-0.05, 0) is 50.2 Å². The number of hydrogen-bond acceptors (Lipinski definition) is 2. The van der Waals surface area contributed by atoms with E-state index in [1.54, 1.807) is 0 Å². The Labute approximate surface area is 127 Å². The van der Waals surface area contributed by atoms with Crippen molar-refractivity contribution in [3.63, 3.8) is 0 Å². The third-order valence-electron chi connectivity index (χ3n) is 4.50. The predicted octanol–water partition coefficient (Wildman–Crippen LogP) is 4.47. The highest BCUT2D eigenvalue weighted by Gasteiger charge is 2.42. The maximum atomic E-state index is 11.9. The molecule has 3 heteroatoms. The molecule has 1 aromatic carbocycles. The summed E-state index contributed by atoms with van der Waals surface area (Å²) >= 11 is 0. The van der Waals surface area contributed by atoms with Crippen LogP contribution in [0.15, 0.2) is 24.3 Å². The lowest BCUT2D eigenvalue weighted by Gasteiger charge is -2.39. The van der Waals surface area contributed by atoms with E-state index in [1.807, 2.05) is 31.2 Å². The molecule has 3 nitrogen and oxygen atoms in total. The molecular formula is C18H27NO2. The van der Waals surface area contributed by atoms with Crippen molar-refractivity contribution in [1.82, 2.24) is 0 Å². The number of hydrogen-bond donors (Lipinski definition) is 2. The highest BCUT2D eigenvalue weighted by atomic mass is 16.4. The van der Waals surface area contributed by atoms with Crippen LogP contribution < -0.4 is 5.32 Å². The van der Waals surface area contributed by atoms with Crippen LogP contribution >= 0.6 is 0 Å². The number of carboxylic acids is 1. The van der Waals surface area contributed by atoms with Gasteiger partial charge in [0, 0.05) is 5.69 Å². The molecular weight excluding hydrogens is 262 g/mol. The maximum Gasteiger partial charge on any atom is 0.329 e. The van der Waals surface area contributed by atoms with E-state index >= 15 is 0 Å². The standard InChI is InChI=1S/C18H27NO2/c1-13(2)11-15-5-4-10-18(12-15,17(20)21)19-16-8-6-14(3)7-9-16/h6-9,13,15,19H,4-5,10-12H2,1-3H3,(H,20,21). The monoisotopic (exact) mass is 289 g/mol. The van der Waals surface area contributed by atoms with Crippen molar-refractivity contribution in [2.75, 3.05) is 5.32 Å². The van der Waals surface area contributed by atoms with Crippen LogP contribution in [-0.4, -0.2) is 16.6 Å². The van der Waals surface area contributed by atoms with Gasteiger partial charge in [0.15, 0.2) is 0 Å². The second kappa shape index (κ2) is 6.50. The van der Waals surface area contributed by atoms with Crippen LogP contribution in [0, 0.1) is 18.8 Å². The molecule has 1 saturated carbocycles. The Bertz CT molecular complexity index is 480. The first-order chi connectivity index (χ1) is 9.91.